The van der Waals surface area contributed by atoms with E-state index in [4.69, 9.17) is 8.85 Å². The first kappa shape index (κ1) is 15.2. The van der Waals surface area contributed by atoms with Crippen LogP contribution in [-0.4, -0.2) is 26.9 Å². The van der Waals surface area contributed by atoms with E-state index in [1.807, 2.05) is 32.0 Å². The molecule has 1 N–H and O–H groups in total. The molecule has 3 nitrogen and oxygen atoms in total. The normalized spacial score (nSPS) is 11.7. The standard InChI is InChI=1S/C14H24O3Si/c1-4-16-18(3,17-5-2)12-8-10-13-9-6-7-11-14(13)15/h6-7,9,11,15H,4-5,8,10,12H2,1-3H3. The highest BCUT2D eigenvalue weighted by atomic mass is 28.4. The van der Waals surface area contributed by atoms with Gasteiger partial charge in [0.1, 0.15) is 5.75 Å². The van der Waals surface area contributed by atoms with Gasteiger partial charge in [0, 0.05) is 13.2 Å². The van der Waals surface area contributed by atoms with Crippen molar-refractivity contribution < 1.29 is 14.0 Å². The van der Waals surface area contributed by atoms with Crippen LogP contribution in [0, 0.1) is 0 Å². The Labute approximate surface area is 111 Å². The van der Waals surface area contributed by atoms with E-state index in [-0.39, 0.29) is 0 Å². The third-order valence-corrected chi connectivity index (χ3v) is 6.03. The minimum Gasteiger partial charge on any atom is -0.508 e. The summed E-state index contributed by atoms with van der Waals surface area (Å²) < 4.78 is 11.6. The maximum atomic E-state index is 9.70. The van der Waals surface area contributed by atoms with Gasteiger partial charge in [0.15, 0.2) is 0 Å². The third kappa shape index (κ3) is 4.80. The van der Waals surface area contributed by atoms with Crippen LogP contribution in [-0.2, 0) is 15.3 Å². The summed E-state index contributed by atoms with van der Waals surface area (Å²) in [5.41, 5.74) is 1.00. The smallest absolute Gasteiger partial charge is 0.334 e. The highest BCUT2D eigenvalue weighted by Gasteiger charge is 2.29. The molecule has 0 saturated carbocycles. The molecule has 4 heteroatoms. The van der Waals surface area contributed by atoms with Crippen LogP contribution in [0.15, 0.2) is 24.3 Å². The maximum absolute atomic E-state index is 9.70. The average molecular weight is 268 g/mol. The van der Waals surface area contributed by atoms with Crippen LogP contribution in [0.1, 0.15) is 25.8 Å². The molecular weight excluding hydrogens is 244 g/mol. The fourth-order valence-corrected chi connectivity index (χ4v) is 4.53. The van der Waals surface area contributed by atoms with E-state index in [0.29, 0.717) is 19.0 Å². The fourth-order valence-electron chi connectivity index (χ4n) is 2.12. The summed E-state index contributed by atoms with van der Waals surface area (Å²) in [5, 5.41) is 9.70. The Kier molecular flexibility index (Phi) is 6.39. The third-order valence-electron chi connectivity index (χ3n) is 2.97. The zero-order chi connectivity index (χ0) is 13.4. The molecule has 0 spiro atoms. The molecule has 0 amide bonds. The van der Waals surface area contributed by atoms with Gasteiger partial charge in [0.2, 0.25) is 0 Å². The Hall–Kier alpha value is -0.843. The quantitative estimate of drug-likeness (QED) is 0.734. The average Bonchev–Trinajstić information content (AvgIpc) is 2.32. The van der Waals surface area contributed by atoms with Crippen LogP contribution in [0.4, 0.5) is 0 Å². The molecule has 0 heterocycles. The van der Waals surface area contributed by atoms with Gasteiger partial charge < -0.3 is 14.0 Å². The SMILES string of the molecule is CCO[Si](C)(CCCc1ccccc1O)OCC. The van der Waals surface area contributed by atoms with E-state index >= 15 is 0 Å². The monoisotopic (exact) mass is 268 g/mol. The van der Waals surface area contributed by atoms with Crippen molar-refractivity contribution in [1.82, 2.24) is 0 Å². The number of hydrogen-bond donors (Lipinski definition) is 1. The Morgan fingerprint density at radius 1 is 1.11 bits per heavy atom. The summed E-state index contributed by atoms with van der Waals surface area (Å²) in [4.78, 5) is 0. The molecule has 0 aliphatic heterocycles. The van der Waals surface area contributed by atoms with Crippen molar-refractivity contribution in [3.8, 4) is 5.75 Å². The largest absolute Gasteiger partial charge is 0.508 e. The molecule has 0 unspecified atom stereocenters. The molecule has 0 bridgehead atoms. The van der Waals surface area contributed by atoms with Gasteiger partial charge in [-0.3, -0.25) is 0 Å². The molecule has 0 aliphatic rings. The Bertz CT molecular complexity index is 349. The fraction of sp³-hybridized carbons (Fsp3) is 0.571. The lowest BCUT2D eigenvalue weighted by atomic mass is 10.1. The topological polar surface area (TPSA) is 38.7 Å². The molecule has 1 aromatic rings. The molecule has 0 aliphatic carbocycles. The summed E-state index contributed by atoms with van der Waals surface area (Å²) in [7, 11) is -2.00. The molecule has 102 valence electrons. The van der Waals surface area contributed by atoms with Crippen LogP contribution in [0.25, 0.3) is 0 Å². The predicted octanol–water partition coefficient (Wildman–Crippen LogP) is 3.47. The summed E-state index contributed by atoms with van der Waals surface area (Å²) in [6.07, 6.45) is 1.86. The van der Waals surface area contributed by atoms with Gasteiger partial charge in [-0.25, -0.2) is 0 Å². The molecule has 0 saturated heterocycles. The van der Waals surface area contributed by atoms with Gasteiger partial charge in [-0.05, 0) is 50.9 Å². The summed E-state index contributed by atoms with van der Waals surface area (Å²) in [6, 6.07) is 8.46. The first-order chi connectivity index (χ1) is 8.61. The van der Waals surface area contributed by atoms with Crippen molar-refractivity contribution in [1.29, 1.82) is 0 Å². The second-order valence-electron chi connectivity index (χ2n) is 4.48. The van der Waals surface area contributed by atoms with Crippen LogP contribution in [0.3, 0.4) is 0 Å². The van der Waals surface area contributed by atoms with Gasteiger partial charge in [-0.15, -0.1) is 0 Å². The minimum atomic E-state index is -2.00. The molecule has 1 rings (SSSR count). The minimum absolute atomic E-state index is 0.383. The molecular formula is C14H24O3Si. The van der Waals surface area contributed by atoms with Crippen molar-refractivity contribution in [3.63, 3.8) is 0 Å². The van der Waals surface area contributed by atoms with Crippen molar-refractivity contribution in [3.05, 3.63) is 29.8 Å². The van der Waals surface area contributed by atoms with E-state index in [9.17, 15) is 5.11 Å². The van der Waals surface area contributed by atoms with Crippen LogP contribution in [0.2, 0.25) is 12.6 Å². The summed E-state index contributed by atoms with van der Waals surface area (Å²) >= 11 is 0. The van der Waals surface area contributed by atoms with Gasteiger partial charge in [-0.2, -0.15) is 0 Å². The maximum Gasteiger partial charge on any atom is 0.334 e. The molecule has 1 aromatic carbocycles. The van der Waals surface area contributed by atoms with E-state index in [1.165, 1.54) is 0 Å². The lowest BCUT2D eigenvalue weighted by molar-refractivity contribution is 0.188. The number of phenolic OH excluding ortho intramolecular Hbond substituents is 1. The van der Waals surface area contributed by atoms with Crippen LogP contribution < -0.4 is 0 Å². The molecule has 0 atom stereocenters. The first-order valence-electron chi connectivity index (χ1n) is 6.66. The van der Waals surface area contributed by atoms with Crippen molar-refractivity contribution in [2.75, 3.05) is 13.2 Å². The van der Waals surface area contributed by atoms with Gasteiger partial charge in [-0.1, -0.05) is 18.2 Å². The van der Waals surface area contributed by atoms with E-state index in [0.717, 1.165) is 24.4 Å². The molecule has 0 aromatic heterocycles. The van der Waals surface area contributed by atoms with Crippen molar-refractivity contribution in [2.45, 2.75) is 39.3 Å². The number of aryl methyl sites for hydroxylation is 1. The molecule has 0 fully saturated rings. The number of phenols is 1. The second-order valence-corrected chi connectivity index (χ2v) is 7.83. The van der Waals surface area contributed by atoms with Gasteiger partial charge in [0.05, 0.1) is 0 Å². The lowest BCUT2D eigenvalue weighted by Crippen LogP contribution is -2.38. The highest BCUT2D eigenvalue weighted by molar-refractivity contribution is 6.66. The predicted molar refractivity (Wildman–Crippen MR) is 76.1 cm³/mol. The Morgan fingerprint density at radius 3 is 2.28 bits per heavy atom. The Balaban J connectivity index is 2.46. The molecule has 18 heavy (non-hydrogen) atoms. The highest BCUT2D eigenvalue weighted by Crippen LogP contribution is 2.22. The van der Waals surface area contributed by atoms with E-state index in [1.54, 1.807) is 6.07 Å². The van der Waals surface area contributed by atoms with Crippen molar-refractivity contribution >= 4 is 8.56 Å². The number of benzene rings is 1. The van der Waals surface area contributed by atoms with Crippen LogP contribution in [0.5, 0.6) is 5.75 Å². The number of aromatic hydroxyl groups is 1. The first-order valence-corrected chi connectivity index (χ1v) is 9.18. The number of hydrogen-bond acceptors (Lipinski definition) is 3. The number of para-hydroxylation sites is 1. The van der Waals surface area contributed by atoms with Gasteiger partial charge in [0.25, 0.3) is 0 Å². The van der Waals surface area contributed by atoms with Crippen LogP contribution >= 0.6 is 0 Å². The zero-order valence-electron chi connectivity index (χ0n) is 11.6. The van der Waals surface area contributed by atoms with Crippen molar-refractivity contribution in [2.24, 2.45) is 0 Å². The zero-order valence-corrected chi connectivity index (χ0v) is 12.6. The summed E-state index contributed by atoms with van der Waals surface area (Å²) in [6.45, 7) is 7.55. The number of rotatable bonds is 8. The van der Waals surface area contributed by atoms with E-state index < -0.39 is 8.56 Å². The lowest BCUT2D eigenvalue weighted by Gasteiger charge is -2.25. The van der Waals surface area contributed by atoms with Gasteiger partial charge >= 0.3 is 8.56 Å². The summed E-state index contributed by atoms with van der Waals surface area (Å²) in [5.74, 6) is 0.383. The molecule has 0 radical (unpaired) electrons. The second kappa shape index (κ2) is 7.56. The van der Waals surface area contributed by atoms with E-state index in [2.05, 4.69) is 6.55 Å². The Morgan fingerprint density at radius 2 is 1.72 bits per heavy atom.